The summed E-state index contributed by atoms with van der Waals surface area (Å²) >= 11 is 0. The van der Waals surface area contributed by atoms with E-state index < -0.39 is 16.1 Å². The lowest BCUT2D eigenvalue weighted by Crippen LogP contribution is -2.49. The standard InChI is InChI=1S/C24H26N2O4S/c1-30-22-13-7-8-14-23(22)31(28,29)26-17-19-11-5-6-12-21(19)24(27)25-16-20(26)15-18-9-3-2-4-10-18/h2-9,11-14,18,20H,10,15-17H2,1H3,(H,25,27). The highest BCUT2D eigenvalue weighted by Gasteiger charge is 2.36. The fourth-order valence-corrected chi connectivity index (χ4v) is 5.95. The maximum absolute atomic E-state index is 13.9. The summed E-state index contributed by atoms with van der Waals surface area (Å²) in [5, 5.41) is 2.94. The maximum Gasteiger partial charge on any atom is 0.251 e. The minimum atomic E-state index is -3.89. The summed E-state index contributed by atoms with van der Waals surface area (Å²) in [7, 11) is -2.42. The molecular formula is C24H26N2O4S. The zero-order valence-corrected chi connectivity index (χ0v) is 18.2. The van der Waals surface area contributed by atoms with Gasteiger partial charge >= 0.3 is 0 Å². The van der Waals surface area contributed by atoms with Gasteiger partial charge in [0.15, 0.2) is 0 Å². The van der Waals surface area contributed by atoms with Gasteiger partial charge in [-0.15, -0.1) is 0 Å². The zero-order valence-electron chi connectivity index (χ0n) is 17.4. The Balaban J connectivity index is 1.78. The molecule has 2 aromatic rings. The molecule has 2 aliphatic rings. The van der Waals surface area contributed by atoms with Gasteiger partial charge < -0.3 is 10.1 Å². The molecule has 1 aliphatic carbocycles. The van der Waals surface area contributed by atoms with E-state index in [0.717, 1.165) is 6.42 Å². The molecule has 0 fully saturated rings. The number of carbonyl (C=O) groups is 1. The van der Waals surface area contributed by atoms with Crippen molar-refractivity contribution in [2.75, 3.05) is 13.7 Å². The average molecular weight is 439 g/mol. The van der Waals surface area contributed by atoms with Crippen LogP contribution < -0.4 is 10.1 Å². The van der Waals surface area contributed by atoms with E-state index in [1.807, 2.05) is 24.3 Å². The Morgan fingerprint density at radius 3 is 2.65 bits per heavy atom. The third-order valence-corrected chi connectivity index (χ3v) is 7.73. The molecular weight excluding hydrogens is 412 g/mol. The van der Waals surface area contributed by atoms with E-state index in [1.165, 1.54) is 11.4 Å². The Labute approximate surface area is 183 Å². The number of benzene rings is 2. The van der Waals surface area contributed by atoms with Crippen molar-refractivity contribution >= 4 is 15.9 Å². The fraction of sp³-hybridized carbons (Fsp3) is 0.292. The lowest BCUT2D eigenvalue weighted by molar-refractivity contribution is 0.0931. The number of nitrogens with one attached hydrogen (secondary N) is 1. The maximum atomic E-state index is 13.9. The molecule has 0 radical (unpaired) electrons. The van der Waals surface area contributed by atoms with E-state index in [2.05, 4.69) is 17.5 Å². The Bertz CT molecular complexity index is 1120. The molecule has 2 unspecified atom stereocenters. The molecule has 1 heterocycles. The smallest absolute Gasteiger partial charge is 0.251 e. The molecule has 0 spiro atoms. The number of rotatable bonds is 5. The van der Waals surface area contributed by atoms with Crippen LogP contribution in [-0.2, 0) is 16.6 Å². The van der Waals surface area contributed by atoms with E-state index in [-0.39, 0.29) is 29.8 Å². The van der Waals surface area contributed by atoms with E-state index in [9.17, 15) is 13.2 Å². The van der Waals surface area contributed by atoms with Crippen molar-refractivity contribution in [3.05, 3.63) is 84.0 Å². The number of hydrogen-bond acceptors (Lipinski definition) is 4. The van der Waals surface area contributed by atoms with Gasteiger partial charge in [-0.1, -0.05) is 54.6 Å². The molecule has 4 rings (SSSR count). The summed E-state index contributed by atoms with van der Waals surface area (Å²) in [5.41, 5.74) is 1.18. The lowest BCUT2D eigenvalue weighted by atomic mass is 9.92. The van der Waals surface area contributed by atoms with E-state index in [0.29, 0.717) is 23.3 Å². The third kappa shape index (κ3) is 4.43. The predicted molar refractivity (Wildman–Crippen MR) is 119 cm³/mol. The van der Waals surface area contributed by atoms with Crippen LogP contribution in [-0.4, -0.2) is 38.3 Å². The van der Waals surface area contributed by atoms with Gasteiger partial charge in [0, 0.05) is 24.7 Å². The number of para-hydroxylation sites is 1. The lowest BCUT2D eigenvalue weighted by Gasteiger charge is -2.35. The van der Waals surface area contributed by atoms with Crippen molar-refractivity contribution in [1.82, 2.24) is 9.62 Å². The number of carbonyl (C=O) groups excluding carboxylic acids is 1. The molecule has 7 heteroatoms. The number of sulfonamides is 1. The highest BCUT2D eigenvalue weighted by molar-refractivity contribution is 7.89. The average Bonchev–Trinajstić information content (AvgIpc) is 2.80. The predicted octanol–water partition coefficient (Wildman–Crippen LogP) is 3.52. The minimum absolute atomic E-state index is 0.126. The van der Waals surface area contributed by atoms with Gasteiger partial charge in [0.1, 0.15) is 10.6 Å². The second-order valence-corrected chi connectivity index (χ2v) is 9.63. The number of nitrogens with zero attached hydrogens (tertiary/aromatic N) is 1. The molecule has 0 bridgehead atoms. The minimum Gasteiger partial charge on any atom is -0.495 e. The van der Waals surface area contributed by atoms with Crippen LogP contribution in [0.15, 0.2) is 77.7 Å². The number of ether oxygens (including phenoxy) is 1. The van der Waals surface area contributed by atoms with Crippen LogP contribution in [0.25, 0.3) is 0 Å². The van der Waals surface area contributed by atoms with E-state index >= 15 is 0 Å². The van der Waals surface area contributed by atoms with Crippen molar-refractivity contribution in [3.63, 3.8) is 0 Å². The van der Waals surface area contributed by atoms with Gasteiger partial charge in [0.2, 0.25) is 10.0 Å². The number of methoxy groups -OCH3 is 1. The molecule has 1 amide bonds. The first-order valence-corrected chi connectivity index (χ1v) is 11.8. The molecule has 2 atom stereocenters. The summed E-state index contributed by atoms with van der Waals surface area (Å²) in [4.78, 5) is 12.8. The summed E-state index contributed by atoms with van der Waals surface area (Å²) < 4.78 is 34.6. The van der Waals surface area contributed by atoms with Gasteiger partial charge in [-0.2, -0.15) is 4.31 Å². The van der Waals surface area contributed by atoms with E-state index in [4.69, 9.17) is 4.74 Å². The Morgan fingerprint density at radius 1 is 1.10 bits per heavy atom. The van der Waals surface area contributed by atoms with E-state index in [1.54, 1.807) is 36.4 Å². The van der Waals surface area contributed by atoms with Crippen LogP contribution in [0.4, 0.5) is 0 Å². The van der Waals surface area contributed by atoms with Crippen molar-refractivity contribution < 1.29 is 17.9 Å². The SMILES string of the molecule is COc1ccccc1S(=O)(=O)N1Cc2ccccc2C(=O)NCC1CC1C=CC=CC1. The molecule has 0 saturated carbocycles. The normalized spacial score (nSPS) is 21.6. The topological polar surface area (TPSA) is 75.7 Å². The number of hydrogen-bond donors (Lipinski definition) is 1. The molecule has 0 saturated heterocycles. The van der Waals surface area contributed by atoms with Gasteiger partial charge in [0.05, 0.1) is 7.11 Å². The van der Waals surface area contributed by atoms with Crippen LogP contribution >= 0.6 is 0 Å². The van der Waals surface area contributed by atoms with Crippen molar-refractivity contribution in [2.24, 2.45) is 5.92 Å². The fourth-order valence-electron chi connectivity index (χ4n) is 4.18. The zero-order chi connectivity index (χ0) is 21.8. The molecule has 1 N–H and O–H groups in total. The van der Waals surface area contributed by atoms with Gasteiger partial charge in [0.25, 0.3) is 5.91 Å². The van der Waals surface area contributed by atoms with Gasteiger partial charge in [-0.05, 0) is 42.5 Å². The van der Waals surface area contributed by atoms with Crippen molar-refractivity contribution in [3.8, 4) is 5.75 Å². The Hall–Kier alpha value is -2.90. The van der Waals surface area contributed by atoms with Crippen LogP contribution in [0.3, 0.4) is 0 Å². The molecule has 162 valence electrons. The Morgan fingerprint density at radius 2 is 1.87 bits per heavy atom. The Kier molecular flexibility index (Phi) is 6.25. The molecule has 0 aromatic heterocycles. The largest absolute Gasteiger partial charge is 0.495 e. The highest BCUT2D eigenvalue weighted by atomic mass is 32.2. The quantitative estimate of drug-likeness (QED) is 0.775. The molecule has 31 heavy (non-hydrogen) atoms. The first kappa shape index (κ1) is 21.3. The summed E-state index contributed by atoms with van der Waals surface area (Å²) in [6.07, 6.45) is 9.63. The van der Waals surface area contributed by atoms with Gasteiger partial charge in [-0.3, -0.25) is 4.79 Å². The molecule has 1 aliphatic heterocycles. The van der Waals surface area contributed by atoms with Crippen LogP contribution in [0.5, 0.6) is 5.75 Å². The summed E-state index contributed by atoms with van der Waals surface area (Å²) in [5.74, 6) is 0.340. The second-order valence-electron chi connectivity index (χ2n) is 7.77. The van der Waals surface area contributed by atoms with Crippen LogP contribution in [0.2, 0.25) is 0 Å². The number of amides is 1. The summed E-state index contributed by atoms with van der Waals surface area (Å²) in [6, 6.07) is 13.4. The number of fused-ring (bicyclic) bond motifs is 1. The highest BCUT2D eigenvalue weighted by Crippen LogP contribution is 2.32. The molecule has 2 aromatic carbocycles. The first-order valence-electron chi connectivity index (χ1n) is 10.3. The first-order chi connectivity index (χ1) is 15.0. The second kappa shape index (κ2) is 9.08. The molecule has 6 nitrogen and oxygen atoms in total. The number of allylic oxidation sites excluding steroid dienone is 4. The monoisotopic (exact) mass is 438 g/mol. The van der Waals surface area contributed by atoms with Crippen molar-refractivity contribution in [1.29, 1.82) is 0 Å². The van der Waals surface area contributed by atoms with Gasteiger partial charge in [-0.25, -0.2) is 8.42 Å². The van der Waals surface area contributed by atoms with Crippen LogP contribution in [0.1, 0.15) is 28.8 Å². The third-order valence-electron chi connectivity index (χ3n) is 5.79. The summed E-state index contributed by atoms with van der Waals surface area (Å²) in [6.45, 7) is 0.372. The van der Waals surface area contributed by atoms with Crippen molar-refractivity contribution in [2.45, 2.75) is 30.3 Å². The van der Waals surface area contributed by atoms with Crippen LogP contribution in [0, 0.1) is 5.92 Å².